The van der Waals surface area contributed by atoms with Crippen molar-refractivity contribution in [2.45, 2.75) is 30.7 Å². The molecule has 0 radical (unpaired) electrons. The number of rotatable bonds is 5. The zero-order valence-electron chi connectivity index (χ0n) is 13.7. The number of nitrogens with two attached hydrogens (primary N) is 1. The van der Waals surface area contributed by atoms with Gasteiger partial charge in [0.15, 0.2) is 11.5 Å². The molecule has 0 amide bonds. The van der Waals surface area contributed by atoms with Crippen LogP contribution in [-0.2, 0) is 10.0 Å². The van der Waals surface area contributed by atoms with E-state index in [0.717, 1.165) is 12.8 Å². The SMILES string of the molecule is COc1ccc(S(=O)(=O)N2CCCC(C(C)N)C2)cc1OC.Cl. The molecule has 0 bridgehead atoms. The Kier molecular flexibility index (Phi) is 7.13. The molecule has 1 heterocycles. The van der Waals surface area contributed by atoms with Crippen LogP contribution in [0.3, 0.4) is 0 Å². The van der Waals surface area contributed by atoms with Gasteiger partial charge in [-0.1, -0.05) is 0 Å². The molecule has 1 aliphatic heterocycles. The Morgan fingerprint density at radius 2 is 1.91 bits per heavy atom. The van der Waals surface area contributed by atoms with E-state index in [9.17, 15) is 8.42 Å². The van der Waals surface area contributed by atoms with Gasteiger partial charge in [-0.2, -0.15) is 4.31 Å². The summed E-state index contributed by atoms with van der Waals surface area (Å²) in [4.78, 5) is 0.218. The number of hydrogen-bond donors (Lipinski definition) is 1. The molecular weight excluding hydrogens is 340 g/mol. The van der Waals surface area contributed by atoms with Crippen LogP contribution < -0.4 is 15.2 Å². The molecule has 23 heavy (non-hydrogen) atoms. The summed E-state index contributed by atoms with van der Waals surface area (Å²) in [6, 6.07) is 4.65. The molecule has 2 atom stereocenters. The molecule has 132 valence electrons. The van der Waals surface area contributed by atoms with Crippen molar-refractivity contribution in [3.8, 4) is 11.5 Å². The lowest BCUT2D eigenvalue weighted by Gasteiger charge is -2.33. The molecule has 1 aliphatic rings. The van der Waals surface area contributed by atoms with Gasteiger partial charge in [-0.05, 0) is 37.8 Å². The number of methoxy groups -OCH3 is 2. The molecule has 1 aromatic carbocycles. The van der Waals surface area contributed by atoms with Gasteiger partial charge < -0.3 is 15.2 Å². The monoisotopic (exact) mass is 364 g/mol. The molecule has 8 heteroatoms. The fourth-order valence-corrected chi connectivity index (χ4v) is 4.30. The van der Waals surface area contributed by atoms with Gasteiger partial charge in [-0.25, -0.2) is 8.42 Å². The van der Waals surface area contributed by atoms with E-state index in [1.165, 1.54) is 24.6 Å². The largest absolute Gasteiger partial charge is 0.493 e. The molecule has 1 fully saturated rings. The van der Waals surface area contributed by atoms with E-state index in [2.05, 4.69) is 0 Å². The van der Waals surface area contributed by atoms with Crippen LogP contribution in [0.1, 0.15) is 19.8 Å². The van der Waals surface area contributed by atoms with Crippen molar-refractivity contribution in [1.29, 1.82) is 0 Å². The van der Waals surface area contributed by atoms with Gasteiger partial charge in [0.05, 0.1) is 19.1 Å². The van der Waals surface area contributed by atoms with E-state index in [-0.39, 0.29) is 29.3 Å². The first-order valence-corrected chi connectivity index (χ1v) is 8.82. The normalized spacial score (nSPS) is 20.4. The molecule has 0 saturated carbocycles. The summed E-state index contributed by atoms with van der Waals surface area (Å²) in [6.45, 7) is 2.92. The highest BCUT2D eigenvalue weighted by molar-refractivity contribution is 7.89. The third-order valence-corrected chi connectivity index (χ3v) is 6.02. The Morgan fingerprint density at radius 1 is 1.26 bits per heavy atom. The average molecular weight is 365 g/mol. The van der Waals surface area contributed by atoms with Gasteiger partial charge in [0.1, 0.15) is 0 Å². The summed E-state index contributed by atoms with van der Waals surface area (Å²) < 4.78 is 37.5. The number of piperidine rings is 1. The molecule has 0 aromatic heterocycles. The van der Waals surface area contributed by atoms with E-state index in [4.69, 9.17) is 15.2 Å². The summed E-state index contributed by atoms with van der Waals surface area (Å²) in [7, 11) is -0.539. The second-order valence-corrected chi connectivity index (χ2v) is 7.58. The van der Waals surface area contributed by atoms with Crippen molar-refractivity contribution in [3.63, 3.8) is 0 Å². The van der Waals surface area contributed by atoms with Crippen LogP contribution in [0.5, 0.6) is 11.5 Å². The Morgan fingerprint density at radius 3 is 2.48 bits per heavy atom. The summed E-state index contributed by atoms with van der Waals surface area (Å²) in [6.07, 6.45) is 1.80. The number of hydrogen-bond acceptors (Lipinski definition) is 5. The Bertz CT molecular complexity index is 622. The lowest BCUT2D eigenvalue weighted by molar-refractivity contribution is 0.243. The van der Waals surface area contributed by atoms with Gasteiger partial charge in [0.25, 0.3) is 0 Å². The second-order valence-electron chi connectivity index (χ2n) is 5.64. The van der Waals surface area contributed by atoms with E-state index >= 15 is 0 Å². The maximum Gasteiger partial charge on any atom is 0.243 e. The highest BCUT2D eigenvalue weighted by Crippen LogP contribution is 2.32. The molecule has 2 N–H and O–H groups in total. The number of sulfonamides is 1. The first-order chi connectivity index (χ1) is 10.4. The smallest absolute Gasteiger partial charge is 0.243 e. The maximum absolute atomic E-state index is 12.8. The first kappa shape index (κ1) is 20.0. The van der Waals surface area contributed by atoms with Gasteiger partial charge in [-0.3, -0.25) is 0 Å². The van der Waals surface area contributed by atoms with E-state index in [1.807, 2.05) is 6.92 Å². The molecular formula is C15H25ClN2O4S. The fourth-order valence-electron chi connectivity index (χ4n) is 2.75. The average Bonchev–Trinajstić information content (AvgIpc) is 2.54. The highest BCUT2D eigenvalue weighted by Gasteiger charge is 2.32. The van der Waals surface area contributed by atoms with Crippen LogP contribution in [-0.4, -0.2) is 46.1 Å². The second kappa shape index (κ2) is 8.19. The van der Waals surface area contributed by atoms with E-state index in [1.54, 1.807) is 12.1 Å². The summed E-state index contributed by atoms with van der Waals surface area (Å²) in [5.41, 5.74) is 5.94. The van der Waals surface area contributed by atoms with Crippen molar-refractivity contribution >= 4 is 22.4 Å². The summed E-state index contributed by atoms with van der Waals surface area (Å²) >= 11 is 0. The molecule has 2 unspecified atom stereocenters. The third-order valence-electron chi connectivity index (χ3n) is 4.16. The quantitative estimate of drug-likeness (QED) is 0.862. The predicted molar refractivity (Wildman–Crippen MR) is 91.9 cm³/mol. The number of ether oxygens (including phenoxy) is 2. The standard InChI is InChI=1S/C15H24N2O4S.ClH/c1-11(16)12-5-4-8-17(10-12)22(18,19)13-6-7-14(20-2)15(9-13)21-3;/h6-7,9,11-12H,4-5,8,10,16H2,1-3H3;1H. The molecule has 1 saturated heterocycles. The van der Waals surface area contributed by atoms with Crippen LogP contribution in [0.25, 0.3) is 0 Å². The van der Waals surface area contributed by atoms with Crippen LogP contribution >= 0.6 is 12.4 Å². The topological polar surface area (TPSA) is 81.9 Å². The number of nitrogens with zero attached hydrogens (tertiary/aromatic N) is 1. The van der Waals surface area contributed by atoms with Crippen LogP contribution in [0, 0.1) is 5.92 Å². The van der Waals surface area contributed by atoms with E-state index < -0.39 is 10.0 Å². The van der Waals surface area contributed by atoms with Crippen molar-refractivity contribution in [1.82, 2.24) is 4.31 Å². The molecule has 1 aromatic rings. The minimum Gasteiger partial charge on any atom is -0.493 e. The Hall–Kier alpha value is -1.02. The van der Waals surface area contributed by atoms with Crippen molar-refractivity contribution in [3.05, 3.63) is 18.2 Å². The Balaban J connectivity index is 0.00000264. The van der Waals surface area contributed by atoms with Crippen molar-refractivity contribution < 1.29 is 17.9 Å². The number of halogens is 1. The minimum absolute atomic E-state index is 0. The molecule has 0 spiro atoms. The molecule has 0 aliphatic carbocycles. The zero-order valence-corrected chi connectivity index (χ0v) is 15.3. The zero-order chi connectivity index (χ0) is 16.3. The third kappa shape index (κ3) is 4.29. The summed E-state index contributed by atoms with van der Waals surface area (Å²) in [5.74, 6) is 1.11. The van der Waals surface area contributed by atoms with Gasteiger partial charge >= 0.3 is 0 Å². The number of benzene rings is 1. The van der Waals surface area contributed by atoms with Crippen molar-refractivity contribution in [2.24, 2.45) is 11.7 Å². The summed E-state index contributed by atoms with van der Waals surface area (Å²) in [5, 5.41) is 0. The van der Waals surface area contributed by atoms with Crippen molar-refractivity contribution in [2.75, 3.05) is 27.3 Å². The maximum atomic E-state index is 12.8. The van der Waals surface area contributed by atoms with Gasteiger partial charge in [-0.15, -0.1) is 12.4 Å². The Labute approximate surface area is 144 Å². The van der Waals surface area contributed by atoms with E-state index in [0.29, 0.717) is 24.6 Å². The van der Waals surface area contributed by atoms with Crippen LogP contribution in [0.2, 0.25) is 0 Å². The lowest BCUT2D eigenvalue weighted by atomic mass is 9.93. The first-order valence-electron chi connectivity index (χ1n) is 7.38. The van der Waals surface area contributed by atoms with Crippen LogP contribution in [0.4, 0.5) is 0 Å². The van der Waals surface area contributed by atoms with Crippen LogP contribution in [0.15, 0.2) is 23.1 Å². The van der Waals surface area contributed by atoms with Gasteiger partial charge in [0, 0.05) is 25.2 Å². The highest BCUT2D eigenvalue weighted by atomic mass is 35.5. The lowest BCUT2D eigenvalue weighted by Crippen LogP contribution is -2.44. The minimum atomic E-state index is -3.54. The molecule has 6 nitrogen and oxygen atoms in total. The molecule has 2 rings (SSSR count). The fraction of sp³-hybridized carbons (Fsp3) is 0.600. The predicted octanol–water partition coefficient (Wildman–Crippen LogP) is 1.87. The van der Waals surface area contributed by atoms with Gasteiger partial charge in [0.2, 0.25) is 10.0 Å².